The number of carboxylic acid groups (broad SMARTS) is 1. The fourth-order valence-corrected chi connectivity index (χ4v) is 3.49. The number of likely N-dealkylation sites (N-methyl/N-ethyl adjacent to an activating group) is 1. The van der Waals surface area contributed by atoms with Crippen LogP contribution >= 0.6 is 0 Å². The van der Waals surface area contributed by atoms with Crippen molar-refractivity contribution < 1.29 is 23.8 Å². The Morgan fingerprint density at radius 3 is 2.87 bits per heavy atom. The van der Waals surface area contributed by atoms with Gasteiger partial charge in [-0.25, -0.2) is 14.2 Å². The Morgan fingerprint density at radius 1 is 1.48 bits per heavy atom. The molecule has 10 heteroatoms. The van der Waals surface area contributed by atoms with Gasteiger partial charge in [-0.1, -0.05) is 6.07 Å². The van der Waals surface area contributed by atoms with E-state index in [1.807, 2.05) is 30.1 Å². The van der Waals surface area contributed by atoms with Crippen molar-refractivity contribution in [3.63, 3.8) is 0 Å². The number of nitrogens with one attached hydrogen (secondary N) is 1. The number of halogens is 1. The summed E-state index contributed by atoms with van der Waals surface area (Å²) in [5.41, 5.74) is 6.29. The maximum absolute atomic E-state index is 15.2. The smallest absolute Gasteiger partial charge is 0.373 e. The molecule has 0 unspecified atom stereocenters. The van der Waals surface area contributed by atoms with Crippen molar-refractivity contribution in [3.05, 3.63) is 42.2 Å². The van der Waals surface area contributed by atoms with E-state index in [1.165, 1.54) is 13.3 Å². The maximum atomic E-state index is 15.2. The Hall–Kier alpha value is -3.69. The third-order valence-electron chi connectivity index (χ3n) is 5.23. The van der Waals surface area contributed by atoms with Gasteiger partial charge < -0.3 is 35.4 Å². The molecular formula is C21H24FN5O4. The molecule has 164 valence electrons. The third-order valence-corrected chi connectivity index (χ3v) is 5.23. The van der Waals surface area contributed by atoms with Gasteiger partial charge in [0, 0.05) is 32.4 Å². The van der Waals surface area contributed by atoms with E-state index >= 15 is 4.39 Å². The average molecular weight is 429 g/mol. The van der Waals surface area contributed by atoms with Crippen molar-refractivity contribution in [3.8, 4) is 11.5 Å². The second-order valence-corrected chi connectivity index (χ2v) is 7.39. The zero-order chi connectivity index (χ0) is 22.1. The van der Waals surface area contributed by atoms with E-state index in [2.05, 4.69) is 10.3 Å². The van der Waals surface area contributed by atoms with Gasteiger partial charge in [0.25, 0.3) is 0 Å². The molecule has 2 aliphatic rings. The number of fused-ring (bicyclic) bond motifs is 1. The lowest BCUT2D eigenvalue weighted by Gasteiger charge is -2.32. The van der Waals surface area contributed by atoms with Gasteiger partial charge in [0.15, 0.2) is 17.3 Å². The van der Waals surface area contributed by atoms with Crippen LogP contribution in [0, 0.1) is 5.82 Å². The van der Waals surface area contributed by atoms with Crippen LogP contribution in [0.4, 0.5) is 27.3 Å². The van der Waals surface area contributed by atoms with Gasteiger partial charge in [-0.3, -0.25) is 0 Å². The van der Waals surface area contributed by atoms with E-state index < -0.39 is 11.8 Å². The van der Waals surface area contributed by atoms with Gasteiger partial charge in [0.05, 0.1) is 13.3 Å². The van der Waals surface area contributed by atoms with E-state index in [-0.39, 0.29) is 34.7 Å². The molecule has 1 fully saturated rings. The molecule has 0 amide bonds. The topological polar surface area (TPSA) is 113 Å². The van der Waals surface area contributed by atoms with Crippen molar-refractivity contribution in [2.45, 2.75) is 18.9 Å². The van der Waals surface area contributed by atoms with Gasteiger partial charge in [-0.2, -0.15) is 0 Å². The number of rotatable bonds is 8. The molecule has 1 aromatic carbocycles. The van der Waals surface area contributed by atoms with Gasteiger partial charge in [-0.15, -0.1) is 0 Å². The predicted octanol–water partition coefficient (Wildman–Crippen LogP) is 2.65. The number of anilines is 4. The summed E-state index contributed by atoms with van der Waals surface area (Å²) in [7, 11) is 3.32. The molecular weight excluding hydrogens is 405 g/mol. The van der Waals surface area contributed by atoms with Crippen LogP contribution in [0.3, 0.4) is 0 Å². The standard InChI is InChI=1S/C21H24FN5O4/c1-26(14-5-3-4-8-24-14)10-9-25-17-15(22)16(23)19-18(20(17)30-2)27(12-6-7-12)11-13(31-19)21(28)29/h3-5,8,11-12,25H,6-7,9-10,23H2,1-2H3,(H,28,29). The Balaban J connectivity index is 1.64. The number of aromatic nitrogens is 1. The first-order valence-corrected chi connectivity index (χ1v) is 9.88. The minimum absolute atomic E-state index is 0.0442. The van der Waals surface area contributed by atoms with Crippen LogP contribution in [0.15, 0.2) is 36.4 Å². The summed E-state index contributed by atoms with van der Waals surface area (Å²) in [4.78, 5) is 19.5. The number of ether oxygens (including phenoxy) is 2. The molecule has 1 aromatic heterocycles. The molecule has 4 rings (SSSR count). The first-order valence-electron chi connectivity index (χ1n) is 9.88. The highest BCUT2D eigenvalue weighted by molar-refractivity contribution is 5.93. The lowest BCUT2D eigenvalue weighted by Crippen LogP contribution is -2.29. The Bertz CT molecular complexity index is 1030. The number of aliphatic carboxylic acids is 1. The number of pyridine rings is 1. The summed E-state index contributed by atoms with van der Waals surface area (Å²) < 4.78 is 26.2. The van der Waals surface area contributed by atoms with E-state index in [1.54, 1.807) is 11.1 Å². The minimum Gasteiger partial charge on any atom is -0.492 e. The van der Waals surface area contributed by atoms with E-state index in [4.69, 9.17) is 15.2 Å². The summed E-state index contributed by atoms with van der Waals surface area (Å²) >= 11 is 0. The highest BCUT2D eigenvalue weighted by atomic mass is 19.1. The zero-order valence-corrected chi connectivity index (χ0v) is 17.3. The SMILES string of the molecule is COc1c(NCCN(C)c2ccccn2)c(F)c(N)c2c1N(C1CC1)C=C(C(=O)O)O2. The molecule has 0 spiro atoms. The van der Waals surface area contributed by atoms with Crippen molar-refractivity contribution in [1.82, 2.24) is 4.98 Å². The van der Waals surface area contributed by atoms with Gasteiger partial charge in [0.2, 0.25) is 5.76 Å². The molecule has 9 nitrogen and oxygen atoms in total. The first-order chi connectivity index (χ1) is 14.9. The van der Waals surface area contributed by atoms with E-state index in [0.29, 0.717) is 18.8 Å². The van der Waals surface area contributed by atoms with Gasteiger partial charge in [-0.05, 0) is 25.0 Å². The number of nitrogens with two attached hydrogens (primary N) is 1. The Kier molecular flexibility index (Phi) is 5.45. The second-order valence-electron chi connectivity index (χ2n) is 7.39. The molecule has 1 saturated carbocycles. The van der Waals surface area contributed by atoms with Crippen LogP contribution in [0.5, 0.6) is 11.5 Å². The number of carbonyl (C=O) groups is 1. The van der Waals surface area contributed by atoms with Crippen molar-refractivity contribution in [2.75, 3.05) is 48.1 Å². The summed E-state index contributed by atoms with van der Waals surface area (Å²) in [5.74, 6) is -1.35. The lowest BCUT2D eigenvalue weighted by molar-refractivity contribution is -0.135. The Labute approximate surface area is 178 Å². The maximum Gasteiger partial charge on any atom is 0.373 e. The minimum atomic E-state index is -1.25. The normalized spacial score (nSPS) is 14.9. The van der Waals surface area contributed by atoms with Crippen molar-refractivity contribution in [1.29, 1.82) is 0 Å². The van der Waals surface area contributed by atoms with Crippen LogP contribution in [0.1, 0.15) is 12.8 Å². The number of carboxylic acids is 1. The van der Waals surface area contributed by atoms with Crippen LogP contribution in [-0.2, 0) is 4.79 Å². The van der Waals surface area contributed by atoms with Crippen LogP contribution in [0.2, 0.25) is 0 Å². The number of hydrogen-bond donors (Lipinski definition) is 3. The number of methoxy groups -OCH3 is 1. The molecule has 0 atom stereocenters. The number of benzene rings is 1. The number of nitrogen functional groups attached to an aromatic ring is 1. The molecule has 1 aliphatic heterocycles. The highest BCUT2D eigenvalue weighted by Crippen LogP contribution is 2.54. The van der Waals surface area contributed by atoms with Crippen LogP contribution in [0.25, 0.3) is 0 Å². The van der Waals surface area contributed by atoms with Crippen LogP contribution < -0.4 is 30.3 Å². The third kappa shape index (κ3) is 3.88. The molecule has 2 aromatic rings. The lowest BCUT2D eigenvalue weighted by atomic mass is 10.1. The number of nitrogens with zero attached hydrogens (tertiary/aromatic N) is 3. The molecule has 31 heavy (non-hydrogen) atoms. The molecule has 4 N–H and O–H groups in total. The highest BCUT2D eigenvalue weighted by Gasteiger charge is 2.39. The average Bonchev–Trinajstić information content (AvgIpc) is 3.62. The largest absolute Gasteiger partial charge is 0.492 e. The first kappa shape index (κ1) is 20.6. The monoisotopic (exact) mass is 429 g/mol. The van der Waals surface area contributed by atoms with Gasteiger partial charge >= 0.3 is 5.97 Å². The number of hydrogen-bond acceptors (Lipinski definition) is 8. The Morgan fingerprint density at radius 2 is 2.26 bits per heavy atom. The fraction of sp³-hybridized carbons (Fsp3) is 0.333. The van der Waals surface area contributed by atoms with E-state index in [9.17, 15) is 9.90 Å². The van der Waals surface area contributed by atoms with Crippen LogP contribution in [-0.4, -0.2) is 49.3 Å². The summed E-state index contributed by atoms with van der Waals surface area (Å²) in [5, 5.41) is 12.4. The van der Waals surface area contributed by atoms with Crippen molar-refractivity contribution in [2.24, 2.45) is 0 Å². The quantitative estimate of drug-likeness (QED) is 0.545. The molecule has 2 heterocycles. The van der Waals surface area contributed by atoms with Gasteiger partial charge in [0.1, 0.15) is 22.9 Å². The molecule has 0 saturated heterocycles. The molecule has 0 bridgehead atoms. The molecule has 0 radical (unpaired) electrons. The summed E-state index contributed by atoms with van der Waals surface area (Å²) in [6.07, 6.45) is 4.86. The fourth-order valence-electron chi connectivity index (χ4n) is 3.49. The van der Waals surface area contributed by atoms with Crippen molar-refractivity contribution >= 4 is 28.8 Å². The zero-order valence-electron chi connectivity index (χ0n) is 17.3. The summed E-state index contributed by atoms with van der Waals surface area (Å²) in [6, 6.07) is 5.70. The van der Waals surface area contributed by atoms with E-state index in [0.717, 1.165) is 18.7 Å². The summed E-state index contributed by atoms with van der Waals surface area (Å²) in [6.45, 7) is 0.932. The second kappa shape index (κ2) is 8.21. The molecule has 1 aliphatic carbocycles. The predicted molar refractivity (Wildman–Crippen MR) is 115 cm³/mol.